The topological polar surface area (TPSA) is 64.4 Å². The lowest BCUT2D eigenvalue weighted by Gasteiger charge is -2.33. The second kappa shape index (κ2) is 28.1. The largest absolute Gasteiger partial charge is 1.00 e. The summed E-state index contributed by atoms with van der Waals surface area (Å²) in [5.41, 5.74) is 12.8. The fraction of sp³-hybridized carbons (Fsp3) is 0.403. The van der Waals surface area contributed by atoms with E-state index in [4.69, 9.17) is 4.98 Å². The number of halogens is 1. The van der Waals surface area contributed by atoms with Gasteiger partial charge in [0.2, 0.25) is 11.3 Å². The number of nitrogens with zero attached hydrogens (tertiary/aromatic N) is 8. The Labute approximate surface area is 474 Å². The molecule has 0 atom stereocenters. The molecular weight excluding hydrogens is 1020 g/mol. The number of aromatic nitrogens is 1. The van der Waals surface area contributed by atoms with E-state index in [1.165, 1.54) is 64.5 Å². The number of carbonyl (C=O) groups excluding carboxylic acids is 1. The highest BCUT2D eigenvalue weighted by Crippen LogP contribution is 2.51. The van der Waals surface area contributed by atoms with Crippen molar-refractivity contribution in [1.82, 2.24) is 9.56 Å². The number of rotatable bonds is 17. The molecule has 0 radical (unpaired) electrons. The van der Waals surface area contributed by atoms with E-state index in [0.717, 1.165) is 111 Å². The highest BCUT2D eigenvalue weighted by Gasteiger charge is 2.28. The van der Waals surface area contributed by atoms with E-state index < -0.39 is 0 Å². The van der Waals surface area contributed by atoms with Gasteiger partial charge in [0.15, 0.2) is 0 Å². The number of fused-ring (bicyclic) bond motifs is 6. The van der Waals surface area contributed by atoms with E-state index in [0.29, 0.717) is 0 Å². The lowest BCUT2D eigenvalue weighted by molar-refractivity contribution is -0.115. The van der Waals surface area contributed by atoms with Gasteiger partial charge in [0.05, 0.1) is 43.5 Å². The number of amides is 1. The summed E-state index contributed by atoms with van der Waals surface area (Å²) in [5.74, 6) is 0.0454. The molecule has 0 saturated heterocycles. The van der Waals surface area contributed by atoms with Gasteiger partial charge >= 0.3 is 0 Å². The van der Waals surface area contributed by atoms with Crippen LogP contribution in [-0.4, -0.2) is 89.4 Å². The van der Waals surface area contributed by atoms with Crippen molar-refractivity contribution in [3.63, 3.8) is 0 Å². The van der Waals surface area contributed by atoms with Crippen molar-refractivity contribution in [2.45, 2.75) is 110 Å². The fourth-order valence-corrected chi connectivity index (χ4v) is 13.3. The molecule has 1 N–H and O–H groups in total. The molecule has 76 heavy (non-hydrogen) atoms. The van der Waals surface area contributed by atoms with Crippen molar-refractivity contribution in [3.8, 4) is 10.6 Å². The zero-order valence-electron chi connectivity index (χ0n) is 47.5. The lowest BCUT2D eigenvalue weighted by atomic mass is 10.1. The van der Waals surface area contributed by atoms with E-state index in [1.807, 2.05) is 28.0 Å². The standard InChI is InChI=1S/C22H29N3OS.C20H27N3S.C20H26N3S.ClH/c1-6-23(7-2)17-10-12-19-21(14-17)27-22-15-18(24(8-3)9-4)11-13-20(22)25(19)16(5)26;2*1-5-22(6-2)15-9-11-17-19(13-15)24-20-14-16(23(7-3)8-4)10-12-18(20)21-17;/h10-15H,6-9H2,1-5H3;9-14,21H,5-8H2,1-4H3;9-14H,5-8H2,1-4H3;1H/q;;+1;/p-1. The zero-order chi connectivity index (χ0) is 53.8. The fourth-order valence-electron chi connectivity index (χ4n) is 10.1. The summed E-state index contributed by atoms with van der Waals surface area (Å²) in [5, 5.41) is 4.87. The normalized spacial score (nSPS) is 11.8. The van der Waals surface area contributed by atoms with Crippen LogP contribution in [0.25, 0.3) is 20.8 Å². The maximum atomic E-state index is 12.5. The molecule has 0 aromatic heterocycles. The van der Waals surface area contributed by atoms with E-state index in [-0.39, 0.29) is 18.3 Å². The average Bonchev–Trinajstić information content (AvgIpc) is 3.45. The SMILES string of the molecule is CCN(CC)c1ccc2c(c1)Sc1cc(N(CC)CC)ccc1N2.CCN(CC)c1ccc2c(c1)Sc1cc(N(CC)CC)ccc1N2C(C)=O.CCN(CC)c1ccc2nc3ccc(=[N+](CC)CC)cc-3sc2c1.[Cl-]. The van der Waals surface area contributed by atoms with Crippen molar-refractivity contribution in [2.24, 2.45) is 0 Å². The van der Waals surface area contributed by atoms with Crippen LogP contribution in [0, 0.1) is 0 Å². The van der Waals surface area contributed by atoms with Crippen molar-refractivity contribution in [1.29, 1.82) is 0 Å². The first-order valence-corrected chi connectivity index (χ1v) is 30.0. The minimum atomic E-state index is 0. The Balaban J connectivity index is 0.000000184. The van der Waals surface area contributed by atoms with Crippen LogP contribution in [0.4, 0.5) is 51.2 Å². The van der Waals surface area contributed by atoms with Crippen LogP contribution in [0.5, 0.6) is 0 Å². The molecule has 4 aliphatic rings. The van der Waals surface area contributed by atoms with E-state index in [2.05, 4.69) is 227 Å². The molecule has 0 fully saturated rings. The summed E-state index contributed by atoms with van der Waals surface area (Å²) in [6, 6.07) is 39.5. The third-order valence-electron chi connectivity index (χ3n) is 14.4. The first kappa shape index (κ1) is 59.6. The van der Waals surface area contributed by atoms with Gasteiger partial charge in [0.1, 0.15) is 13.1 Å². The van der Waals surface area contributed by atoms with Gasteiger partial charge in [-0.15, -0.1) is 11.3 Å². The third-order valence-corrected chi connectivity index (χ3v) is 17.7. The highest BCUT2D eigenvalue weighted by atomic mass is 35.5. The number of anilines is 9. The number of hydrogen-bond donors (Lipinski definition) is 1. The van der Waals surface area contributed by atoms with E-state index in [9.17, 15) is 4.79 Å². The van der Waals surface area contributed by atoms with Crippen LogP contribution in [0.15, 0.2) is 129 Å². The highest BCUT2D eigenvalue weighted by molar-refractivity contribution is 8.00. The average molecular weight is 1100 g/mol. The monoisotopic (exact) mass is 1100 g/mol. The zero-order valence-corrected chi connectivity index (χ0v) is 50.7. The summed E-state index contributed by atoms with van der Waals surface area (Å²) < 4.78 is 3.63. The van der Waals surface area contributed by atoms with Crippen LogP contribution in [0.1, 0.15) is 90.0 Å². The Bertz CT molecular complexity index is 2940. The van der Waals surface area contributed by atoms with Crippen LogP contribution >= 0.6 is 34.9 Å². The van der Waals surface area contributed by atoms with E-state index >= 15 is 0 Å². The molecule has 14 heteroatoms. The Morgan fingerprint density at radius 1 is 0.487 bits per heavy atom. The second-order valence-electron chi connectivity index (χ2n) is 18.4. The Hall–Kier alpha value is -5.60. The molecule has 406 valence electrons. The first-order valence-electron chi connectivity index (χ1n) is 27.6. The Morgan fingerprint density at radius 2 is 0.868 bits per heavy atom. The Kier molecular flexibility index (Phi) is 22.1. The first-order chi connectivity index (χ1) is 36.4. The van der Waals surface area contributed by atoms with Gasteiger partial charge in [-0.3, -0.25) is 9.69 Å². The molecule has 0 saturated carbocycles. The molecule has 0 spiro atoms. The molecule has 3 heterocycles. The van der Waals surface area contributed by atoms with Gasteiger partial charge in [-0.05, 0) is 180 Å². The summed E-state index contributed by atoms with van der Waals surface area (Å²) in [7, 11) is 0. The lowest BCUT2D eigenvalue weighted by Crippen LogP contribution is -3.00. The van der Waals surface area contributed by atoms with Gasteiger partial charge in [-0.25, -0.2) is 9.56 Å². The van der Waals surface area contributed by atoms with Crippen LogP contribution < -0.4 is 57.1 Å². The summed E-state index contributed by atoms with van der Waals surface area (Å²) in [6.45, 7) is 40.1. The summed E-state index contributed by atoms with van der Waals surface area (Å²) in [4.78, 5) is 37.2. The number of carbonyl (C=O) groups is 1. The quantitative estimate of drug-likeness (QED) is 0.0705. The molecule has 3 aliphatic heterocycles. The number of benzene rings is 6. The minimum absolute atomic E-state index is 0. The van der Waals surface area contributed by atoms with Gasteiger partial charge < -0.3 is 42.2 Å². The van der Waals surface area contributed by atoms with Gasteiger partial charge in [-0.1, -0.05) is 23.5 Å². The van der Waals surface area contributed by atoms with Crippen molar-refractivity contribution in [2.75, 3.05) is 113 Å². The maximum absolute atomic E-state index is 12.5. The third kappa shape index (κ3) is 13.4. The van der Waals surface area contributed by atoms with E-state index in [1.54, 1.807) is 18.7 Å². The molecule has 5 aromatic carbocycles. The van der Waals surface area contributed by atoms with Crippen LogP contribution in [0.3, 0.4) is 0 Å². The predicted molar refractivity (Wildman–Crippen MR) is 331 cm³/mol. The summed E-state index contributed by atoms with van der Waals surface area (Å²) in [6.07, 6.45) is 0. The smallest absolute Gasteiger partial charge is 0.228 e. The molecular formula is C62H82ClN9OS3. The van der Waals surface area contributed by atoms with Gasteiger partial charge in [0, 0.05) is 133 Å². The van der Waals surface area contributed by atoms with Crippen LogP contribution in [-0.2, 0) is 4.79 Å². The number of nitrogens with one attached hydrogen (secondary N) is 1. The summed E-state index contributed by atoms with van der Waals surface area (Å²) >= 11 is 5.47. The molecule has 1 amide bonds. The molecule has 5 aromatic rings. The Morgan fingerprint density at radius 3 is 1.28 bits per heavy atom. The van der Waals surface area contributed by atoms with Gasteiger partial charge in [-0.2, -0.15) is 0 Å². The van der Waals surface area contributed by atoms with Gasteiger partial charge in [0.25, 0.3) is 0 Å². The predicted octanol–water partition coefficient (Wildman–Crippen LogP) is 12.2. The van der Waals surface area contributed by atoms with Crippen LogP contribution in [0.2, 0.25) is 0 Å². The minimum Gasteiger partial charge on any atom is -1.00 e. The van der Waals surface area contributed by atoms with Crippen molar-refractivity contribution < 1.29 is 17.2 Å². The van der Waals surface area contributed by atoms with Crippen molar-refractivity contribution in [3.05, 3.63) is 115 Å². The maximum Gasteiger partial charge on any atom is 0.228 e. The molecule has 0 unspecified atom stereocenters. The van der Waals surface area contributed by atoms with Crippen molar-refractivity contribution >= 4 is 102 Å². The molecule has 9 rings (SSSR count). The number of hydrogen-bond acceptors (Lipinski definition) is 11. The molecule has 1 aliphatic carbocycles. The molecule has 0 bridgehead atoms. The second-order valence-corrected chi connectivity index (χ2v) is 21.7. The molecule has 10 nitrogen and oxygen atoms in total.